The van der Waals surface area contributed by atoms with Crippen LogP contribution in [0.4, 0.5) is 0 Å². The Balaban J connectivity index is 1.80. The van der Waals surface area contributed by atoms with E-state index in [-0.39, 0.29) is 11.6 Å². The van der Waals surface area contributed by atoms with Gasteiger partial charge in [0.05, 0.1) is 24.2 Å². The van der Waals surface area contributed by atoms with Crippen molar-refractivity contribution in [2.24, 2.45) is 0 Å². The Morgan fingerprint density at radius 3 is 3.11 bits per heavy atom. The van der Waals surface area contributed by atoms with E-state index in [2.05, 4.69) is 45.1 Å². The summed E-state index contributed by atoms with van der Waals surface area (Å²) in [7, 11) is 0. The lowest BCUT2D eigenvalue weighted by atomic mass is 9.95. The molecule has 102 valence electrons. The number of imidazole rings is 1. The molecule has 2 aromatic rings. The Morgan fingerprint density at radius 1 is 1.53 bits per heavy atom. The van der Waals surface area contributed by atoms with Gasteiger partial charge in [-0.15, -0.1) is 0 Å². The van der Waals surface area contributed by atoms with E-state index in [1.165, 1.54) is 0 Å². The summed E-state index contributed by atoms with van der Waals surface area (Å²) in [6.45, 7) is 5.93. The van der Waals surface area contributed by atoms with Crippen molar-refractivity contribution in [3.8, 4) is 0 Å². The van der Waals surface area contributed by atoms with Crippen LogP contribution in [0.2, 0.25) is 0 Å². The number of fused-ring (bicyclic) bond motifs is 1. The largest absolute Gasteiger partial charge is 0.377 e. The second-order valence-corrected chi connectivity index (χ2v) is 6.03. The minimum Gasteiger partial charge on any atom is -0.377 e. The summed E-state index contributed by atoms with van der Waals surface area (Å²) < 4.78 is 8.50. The summed E-state index contributed by atoms with van der Waals surface area (Å²) in [6, 6.07) is 0. The lowest BCUT2D eigenvalue weighted by Crippen LogP contribution is -2.47. The van der Waals surface area contributed by atoms with E-state index in [0.29, 0.717) is 0 Å². The molecule has 1 aliphatic heterocycles. The van der Waals surface area contributed by atoms with E-state index in [0.717, 1.165) is 35.5 Å². The molecule has 0 aliphatic carbocycles. The fourth-order valence-corrected chi connectivity index (χ4v) is 2.71. The van der Waals surface area contributed by atoms with Crippen molar-refractivity contribution in [1.29, 1.82) is 0 Å². The van der Waals surface area contributed by atoms with Gasteiger partial charge >= 0.3 is 0 Å². The number of halogens is 1. The summed E-state index contributed by atoms with van der Waals surface area (Å²) in [5, 5.41) is 3.60. The zero-order chi connectivity index (χ0) is 13.5. The molecule has 0 aromatic carbocycles. The second kappa shape index (κ2) is 4.85. The van der Waals surface area contributed by atoms with Crippen LogP contribution in [-0.4, -0.2) is 32.6 Å². The molecular weight excluding hydrogens is 308 g/mol. The van der Waals surface area contributed by atoms with Crippen LogP contribution in [0.25, 0.3) is 5.65 Å². The van der Waals surface area contributed by atoms with Crippen molar-refractivity contribution in [3.63, 3.8) is 0 Å². The Morgan fingerprint density at radius 2 is 2.37 bits per heavy atom. The summed E-state index contributed by atoms with van der Waals surface area (Å²) in [6.07, 6.45) is 6.86. The van der Waals surface area contributed by atoms with Gasteiger partial charge in [0.25, 0.3) is 0 Å². The van der Waals surface area contributed by atoms with Crippen molar-refractivity contribution < 1.29 is 4.74 Å². The van der Waals surface area contributed by atoms with E-state index >= 15 is 0 Å². The predicted molar refractivity (Wildman–Crippen MR) is 76.0 cm³/mol. The molecule has 2 aromatic heterocycles. The van der Waals surface area contributed by atoms with Crippen LogP contribution in [0.5, 0.6) is 0 Å². The Hall–Kier alpha value is -0.980. The van der Waals surface area contributed by atoms with Gasteiger partial charge < -0.3 is 10.1 Å². The number of aromatic nitrogens is 3. The van der Waals surface area contributed by atoms with Crippen LogP contribution in [0.1, 0.15) is 26.0 Å². The SMILES string of the molecule is CC1OCCC1(C)NCc1cnc2cnc(Br)cn12. The molecule has 0 saturated carbocycles. The third-order valence-electron chi connectivity index (χ3n) is 4.00. The average molecular weight is 325 g/mol. The molecule has 0 radical (unpaired) electrons. The van der Waals surface area contributed by atoms with E-state index in [4.69, 9.17) is 4.74 Å². The van der Waals surface area contributed by atoms with Crippen LogP contribution in [0.3, 0.4) is 0 Å². The fraction of sp³-hybridized carbons (Fsp3) is 0.538. The molecular formula is C13H17BrN4O. The highest BCUT2D eigenvalue weighted by Crippen LogP contribution is 2.25. The summed E-state index contributed by atoms with van der Waals surface area (Å²) in [5.74, 6) is 0. The standard InChI is InChI=1S/C13H17BrN4O/c1-9-13(2,3-4-19-9)17-6-10-5-16-12-7-15-11(14)8-18(10)12/h5,7-9,17H,3-4,6H2,1-2H3. The first-order valence-electron chi connectivity index (χ1n) is 6.43. The van der Waals surface area contributed by atoms with Gasteiger partial charge in [0, 0.05) is 24.9 Å². The third-order valence-corrected chi connectivity index (χ3v) is 4.41. The smallest absolute Gasteiger partial charge is 0.155 e. The van der Waals surface area contributed by atoms with Crippen LogP contribution >= 0.6 is 15.9 Å². The van der Waals surface area contributed by atoms with Gasteiger partial charge in [0.1, 0.15) is 4.60 Å². The van der Waals surface area contributed by atoms with Crippen molar-refractivity contribution in [3.05, 3.63) is 28.9 Å². The Labute approximate surface area is 120 Å². The first-order chi connectivity index (χ1) is 9.08. The van der Waals surface area contributed by atoms with Crippen LogP contribution in [-0.2, 0) is 11.3 Å². The second-order valence-electron chi connectivity index (χ2n) is 5.22. The normalized spacial score (nSPS) is 27.2. The zero-order valence-corrected chi connectivity index (χ0v) is 12.6. The lowest BCUT2D eigenvalue weighted by molar-refractivity contribution is 0.0880. The van der Waals surface area contributed by atoms with Gasteiger partial charge in [-0.1, -0.05) is 0 Å². The molecule has 1 fully saturated rings. The quantitative estimate of drug-likeness (QED) is 0.939. The molecule has 1 N–H and O–H groups in total. The number of hydrogen-bond donors (Lipinski definition) is 1. The van der Waals surface area contributed by atoms with Crippen LogP contribution in [0.15, 0.2) is 23.2 Å². The maximum absolute atomic E-state index is 5.64. The van der Waals surface area contributed by atoms with E-state index in [1.54, 1.807) is 6.20 Å². The third kappa shape index (κ3) is 2.40. The van der Waals surface area contributed by atoms with Gasteiger partial charge in [-0.25, -0.2) is 9.97 Å². The number of hydrogen-bond acceptors (Lipinski definition) is 4. The maximum atomic E-state index is 5.64. The van der Waals surface area contributed by atoms with Gasteiger partial charge in [-0.05, 0) is 36.2 Å². The molecule has 2 unspecified atom stereocenters. The summed E-state index contributed by atoms with van der Waals surface area (Å²) in [5.41, 5.74) is 2.02. The van der Waals surface area contributed by atoms with Crippen molar-refractivity contribution in [2.75, 3.05) is 6.61 Å². The first-order valence-corrected chi connectivity index (χ1v) is 7.22. The van der Waals surface area contributed by atoms with E-state index < -0.39 is 0 Å². The lowest BCUT2D eigenvalue weighted by Gasteiger charge is -2.28. The highest BCUT2D eigenvalue weighted by Gasteiger charge is 2.36. The topological polar surface area (TPSA) is 51.5 Å². The predicted octanol–water partition coefficient (Wildman–Crippen LogP) is 2.15. The molecule has 2 atom stereocenters. The van der Waals surface area contributed by atoms with E-state index in [9.17, 15) is 0 Å². The number of nitrogens with zero attached hydrogens (tertiary/aromatic N) is 3. The van der Waals surface area contributed by atoms with Gasteiger partial charge in [-0.2, -0.15) is 0 Å². The van der Waals surface area contributed by atoms with Crippen molar-refractivity contribution in [2.45, 2.75) is 38.5 Å². The number of rotatable bonds is 3. The molecule has 6 heteroatoms. The number of ether oxygens (including phenoxy) is 1. The molecule has 5 nitrogen and oxygen atoms in total. The summed E-state index contributed by atoms with van der Waals surface area (Å²) >= 11 is 3.39. The molecule has 3 heterocycles. The van der Waals surface area contributed by atoms with Crippen LogP contribution < -0.4 is 5.32 Å². The minimum absolute atomic E-state index is 0.0361. The monoisotopic (exact) mass is 324 g/mol. The van der Waals surface area contributed by atoms with Gasteiger partial charge in [0.2, 0.25) is 0 Å². The highest BCUT2D eigenvalue weighted by atomic mass is 79.9. The maximum Gasteiger partial charge on any atom is 0.155 e. The average Bonchev–Trinajstić information content (AvgIpc) is 2.92. The molecule has 1 aliphatic rings. The van der Waals surface area contributed by atoms with E-state index in [1.807, 2.05) is 16.8 Å². The molecule has 19 heavy (non-hydrogen) atoms. The van der Waals surface area contributed by atoms with Crippen molar-refractivity contribution >= 4 is 21.6 Å². The van der Waals surface area contributed by atoms with Gasteiger partial charge in [-0.3, -0.25) is 4.40 Å². The molecule has 0 bridgehead atoms. The van der Waals surface area contributed by atoms with Crippen LogP contribution in [0, 0.1) is 0 Å². The molecule has 1 saturated heterocycles. The first kappa shape index (κ1) is 13.0. The summed E-state index contributed by atoms with van der Waals surface area (Å²) in [4.78, 5) is 8.53. The fourth-order valence-electron chi connectivity index (χ4n) is 2.41. The molecule has 0 spiro atoms. The Kier molecular flexibility index (Phi) is 3.32. The highest BCUT2D eigenvalue weighted by molar-refractivity contribution is 9.10. The van der Waals surface area contributed by atoms with Gasteiger partial charge in [0.15, 0.2) is 5.65 Å². The molecule has 0 amide bonds. The zero-order valence-electron chi connectivity index (χ0n) is 11.1. The number of nitrogens with one attached hydrogen (secondary N) is 1. The Bertz CT molecular complexity index is 599. The molecule has 3 rings (SSSR count). The minimum atomic E-state index is 0.0361. The van der Waals surface area contributed by atoms with Crippen molar-refractivity contribution in [1.82, 2.24) is 19.7 Å².